The molecular weight excluding hydrogens is 325 g/mol. The Morgan fingerprint density at radius 1 is 1.25 bits per heavy atom. The smallest absolute Gasteiger partial charge is 0.127 e. The molecule has 20 heavy (non-hydrogen) atoms. The van der Waals surface area contributed by atoms with Gasteiger partial charge in [-0.3, -0.25) is 0 Å². The van der Waals surface area contributed by atoms with Gasteiger partial charge in [-0.25, -0.2) is 4.39 Å². The van der Waals surface area contributed by atoms with Gasteiger partial charge in [-0.15, -0.1) is 0 Å². The number of aromatic hydroxyl groups is 1. The maximum Gasteiger partial charge on any atom is 0.127 e. The number of ether oxygens (including phenoxy) is 1. The molecule has 2 aromatic carbocycles. The lowest BCUT2D eigenvalue weighted by Gasteiger charge is -2.30. The second-order valence-corrected chi connectivity index (χ2v) is 5.79. The fraction of sp³-hybridized carbons (Fsp3) is 0.200. The summed E-state index contributed by atoms with van der Waals surface area (Å²) in [6.45, 7) is 0. The molecule has 5 heteroatoms. The van der Waals surface area contributed by atoms with Crippen molar-refractivity contribution in [3.8, 4) is 11.5 Å². The van der Waals surface area contributed by atoms with E-state index in [1.807, 2.05) is 18.2 Å². The van der Waals surface area contributed by atoms with E-state index in [1.54, 1.807) is 0 Å². The second-order valence-electron chi connectivity index (χ2n) is 4.87. The molecule has 0 bridgehead atoms. The standard InChI is InChI=1S/C15H13BrFNO2/c16-9-1-2-12-13(18)7-14(20-15(12)5-9)8-3-10(17)6-11(19)4-8/h1-6,13-14,19H,7,18H2/t13-,14?/m1/s1. The molecule has 1 unspecified atom stereocenters. The summed E-state index contributed by atoms with van der Waals surface area (Å²) in [7, 11) is 0. The van der Waals surface area contributed by atoms with Gasteiger partial charge in [0.25, 0.3) is 0 Å². The molecule has 2 aromatic rings. The minimum Gasteiger partial charge on any atom is -0.508 e. The zero-order valence-electron chi connectivity index (χ0n) is 10.5. The van der Waals surface area contributed by atoms with Crippen LogP contribution in [0.1, 0.15) is 29.7 Å². The number of phenols is 1. The number of rotatable bonds is 1. The van der Waals surface area contributed by atoms with Gasteiger partial charge in [0.05, 0.1) is 0 Å². The van der Waals surface area contributed by atoms with Gasteiger partial charge in [0.15, 0.2) is 0 Å². The van der Waals surface area contributed by atoms with Crippen LogP contribution in [0.15, 0.2) is 40.9 Å². The van der Waals surface area contributed by atoms with E-state index in [0.717, 1.165) is 16.1 Å². The van der Waals surface area contributed by atoms with E-state index < -0.39 is 5.82 Å². The third kappa shape index (κ3) is 2.51. The lowest BCUT2D eigenvalue weighted by Crippen LogP contribution is -2.24. The third-order valence-corrected chi connectivity index (χ3v) is 3.88. The zero-order chi connectivity index (χ0) is 14.3. The maximum atomic E-state index is 13.4. The van der Waals surface area contributed by atoms with E-state index in [4.69, 9.17) is 10.5 Å². The summed E-state index contributed by atoms with van der Waals surface area (Å²) in [5.74, 6) is 0.0845. The summed E-state index contributed by atoms with van der Waals surface area (Å²) in [4.78, 5) is 0. The van der Waals surface area contributed by atoms with Crippen LogP contribution >= 0.6 is 15.9 Å². The number of fused-ring (bicyclic) bond motifs is 1. The molecule has 0 fully saturated rings. The summed E-state index contributed by atoms with van der Waals surface area (Å²) in [6, 6.07) is 9.43. The van der Waals surface area contributed by atoms with Gasteiger partial charge in [0.1, 0.15) is 23.4 Å². The van der Waals surface area contributed by atoms with Crippen LogP contribution in [0.4, 0.5) is 4.39 Å². The minimum atomic E-state index is -0.489. The molecule has 0 radical (unpaired) electrons. The van der Waals surface area contributed by atoms with Gasteiger partial charge in [0, 0.05) is 28.6 Å². The third-order valence-electron chi connectivity index (χ3n) is 3.39. The fourth-order valence-corrected chi connectivity index (χ4v) is 2.80. The SMILES string of the molecule is N[C@@H]1CC(c2cc(O)cc(F)c2)Oc2cc(Br)ccc21. The van der Waals surface area contributed by atoms with Crippen molar-refractivity contribution in [2.24, 2.45) is 5.73 Å². The number of phenolic OH excluding ortho intramolecular Hbond substituents is 1. The number of hydrogen-bond acceptors (Lipinski definition) is 3. The fourth-order valence-electron chi connectivity index (χ4n) is 2.46. The summed E-state index contributed by atoms with van der Waals surface area (Å²) in [5.41, 5.74) is 7.67. The number of hydrogen-bond donors (Lipinski definition) is 2. The molecule has 0 aromatic heterocycles. The molecule has 1 aliphatic rings. The van der Waals surface area contributed by atoms with Crippen molar-refractivity contribution in [2.75, 3.05) is 0 Å². The van der Waals surface area contributed by atoms with Gasteiger partial charge >= 0.3 is 0 Å². The van der Waals surface area contributed by atoms with Crippen molar-refractivity contribution in [2.45, 2.75) is 18.6 Å². The summed E-state index contributed by atoms with van der Waals surface area (Å²) in [6.07, 6.45) is 0.172. The van der Waals surface area contributed by atoms with E-state index in [9.17, 15) is 9.50 Å². The highest BCUT2D eigenvalue weighted by Crippen LogP contribution is 2.41. The van der Waals surface area contributed by atoms with Crippen LogP contribution in [0.5, 0.6) is 11.5 Å². The number of nitrogens with two attached hydrogens (primary N) is 1. The van der Waals surface area contributed by atoms with Crippen molar-refractivity contribution in [1.82, 2.24) is 0 Å². The van der Waals surface area contributed by atoms with Crippen molar-refractivity contribution >= 4 is 15.9 Å². The van der Waals surface area contributed by atoms with Crippen molar-refractivity contribution in [3.05, 3.63) is 57.8 Å². The van der Waals surface area contributed by atoms with Gasteiger partial charge in [-0.2, -0.15) is 0 Å². The predicted octanol–water partition coefficient (Wildman–Crippen LogP) is 3.82. The zero-order valence-corrected chi connectivity index (χ0v) is 12.1. The average Bonchev–Trinajstić information content (AvgIpc) is 2.36. The average molecular weight is 338 g/mol. The Morgan fingerprint density at radius 3 is 2.80 bits per heavy atom. The molecule has 3 N–H and O–H groups in total. The van der Waals surface area contributed by atoms with Crippen LogP contribution in [0, 0.1) is 5.82 Å². The molecule has 0 saturated heterocycles. The summed E-state index contributed by atoms with van der Waals surface area (Å²) in [5, 5.41) is 9.50. The largest absolute Gasteiger partial charge is 0.508 e. The van der Waals surface area contributed by atoms with E-state index >= 15 is 0 Å². The van der Waals surface area contributed by atoms with Crippen LogP contribution in [0.3, 0.4) is 0 Å². The normalized spacial score (nSPS) is 21.1. The number of benzene rings is 2. The molecule has 2 atom stereocenters. The van der Waals surface area contributed by atoms with Crippen molar-refractivity contribution < 1.29 is 14.2 Å². The molecule has 3 nitrogen and oxygen atoms in total. The second kappa shape index (κ2) is 5.07. The Bertz CT molecular complexity index is 642. The maximum absolute atomic E-state index is 13.4. The Labute approximate surface area is 124 Å². The summed E-state index contributed by atoms with van der Waals surface area (Å²) >= 11 is 3.39. The van der Waals surface area contributed by atoms with Gasteiger partial charge in [-0.1, -0.05) is 22.0 Å². The topological polar surface area (TPSA) is 55.5 Å². The Morgan fingerprint density at radius 2 is 2.05 bits per heavy atom. The molecule has 3 rings (SSSR count). The van der Waals surface area contributed by atoms with Gasteiger partial charge < -0.3 is 15.6 Å². The first-order chi connectivity index (χ1) is 9.52. The van der Waals surface area contributed by atoms with Gasteiger partial charge in [0.2, 0.25) is 0 Å². The Kier molecular flexibility index (Phi) is 3.40. The highest BCUT2D eigenvalue weighted by molar-refractivity contribution is 9.10. The van der Waals surface area contributed by atoms with Gasteiger partial charge in [-0.05, 0) is 29.8 Å². The predicted molar refractivity (Wildman–Crippen MR) is 77.1 cm³/mol. The first kappa shape index (κ1) is 13.4. The molecule has 0 saturated carbocycles. The molecule has 1 heterocycles. The van der Waals surface area contributed by atoms with Crippen LogP contribution in [-0.2, 0) is 0 Å². The molecule has 0 spiro atoms. The monoisotopic (exact) mass is 337 g/mol. The van der Waals surface area contributed by atoms with Crippen molar-refractivity contribution in [1.29, 1.82) is 0 Å². The first-order valence-corrected chi connectivity index (χ1v) is 7.03. The van der Waals surface area contributed by atoms with Crippen LogP contribution in [-0.4, -0.2) is 5.11 Å². The molecule has 1 aliphatic heterocycles. The Balaban J connectivity index is 1.98. The Hall–Kier alpha value is -1.59. The summed E-state index contributed by atoms with van der Waals surface area (Å²) < 4.78 is 20.2. The number of halogens is 2. The van der Waals surface area contributed by atoms with Crippen LogP contribution in [0.25, 0.3) is 0 Å². The lowest BCUT2D eigenvalue weighted by atomic mass is 9.93. The quantitative estimate of drug-likeness (QED) is 0.831. The molecular formula is C15H13BrFNO2. The van der Waals surface area contributed by atoms with E-state index in [0.29, 0.717) is 17.7 Å². The van der Waals surface area contributed by atoms with Crippen LogP contribution < -0.4 is 10.5 Å². The lowest BCUT2D eigenvalue weighted by molar-refractivity contribution is 0.160. The highest BCUT2D eigenvalue weighted by Gasteiger charge is 2.27. The molecule has 0 aliphatic carbocycles. The first-order valence-electron chi connectivity index (χ1n) is 6.24. The van der Waals surface area contributed by atoms with E-state index in [2.05, 4.69) is 15.9 Å². The van der Waals surface area contributed by atoms with E-state index in [-0.39, 0.29) is 17.9 Å². The van der Waals surface area contributed by atoms with E-state index in [1.165, 1.54) is 12.1 Å². The molecule has 104 valence electrons. The highest BCUT2D eigenvalue weighted by atomic mass is 79.9. The molecule has 0 amide bonds. The minimum absolute atomic E-state index is 0.114. The van der Waals surface area contributed by atoms with Crippen molar-refractivity contribution in [3.63, 3.8) is 0 Å². The van der Waals surface area contributed by atoms with Crippen LogP contribution in [0.2, 0.25) is 0 Å².